The predicted octanol–water partition coefficient (Wildman–Crippen LogP) is 3.03. The lowest BCUT2D eigenvalue weighted by atomic mass is 9.94. The standard InChI is InChI=1S/C20H21ClN2O4/c1-5-27-17(24)10-23-16-8-11(2)19(25)22(4)18(16)14-7-6-13(21)9-15(14)12(3)20(23)26/h6-9,12H,5,10H2,1-4H3. The minimum Gasteiger partial charge on any atom is -0.465 e. The highest BCUT2D eigenvalue weighted by Crippen LogP contribution is 2.41. The molecule has 142 valence electrons. The first-order valence-electron chi connectivity index (χ1n) is 8.73. The molecular weight excluding hydrogens is 368 g/mol. The van der Waals surface area contributed by atoms with Crippen molar-refractivity contribution in [2.45, 2.75) is 26.7 Å². The zero-order valence-electron chi connectivity index (χ0n) is 15.7. The minimum absolute atomic E-state index is 0.160. The summed E-state index contributed by atoms with van der Waals surface area (Å²) >= 11 is 6.16. The summed E-state index contributed by atoms with van der Waals surface area (Å²) in [6.07, 6.45) is 0. The molecule has 0 aliphatic carbocycles. The molecule has 1 aliphatic heterocycles. The van der Waals surface area contributed by atoms with Crippen molar-refractivity contribution in [3.05, 3.63) is 50.8 Å². The van der Waals surface area contributed by atoms with Crippen LogP contribution in [0.15, 0.2) is 29.1 Å². The number of esters is 1. The second-order valence-electron chi connectivity index (χ2n) is 6.61. The summed E-state index contributed by atoms with van der Waals surface area (Å²) in [5.74, 6) is -1.28. The second-order valence-corrected chi connectivity index (χ2v) is 7.04. The normalized spacial score (nSPS) is 15.8. The molecule has 0 N–H and O–H groups in total. The van der Waals surface area contributed by atoms with Gasteiger partial charge < -0.3 is 9.30 Å². The first kappa shape index (κ1) is 19.2. The molecule has 7 heteroatoms. The smallest absolute Gasteiger partial charge is 0.326 e. The number of hydrogen-bond donors (Lipinski definition) is 0. The van der Waals surface area contributed by atoms with Gasteiger partial charge >= 0.3 is 5.97 Å². The van der Waals surface area contributed by atoms with Crippen LogP contribution in [-0.4, -0.2) is 29.6 Å². The van der Waals surface area contributed by atoms with Crippen LogP contribution < -0.4 is 10.5 Å². The van der Waals surface area contributed by atoms with Crippen LogP contribution in [0.1, 0.15) is 30.9 Å². The lowest BCUT2D eigenvalue weighted by Crippen LogP contribution is -2.39. The summed E-state index contributed by atoms with van der Waals surface area (Å²) in [6, 6.07) is 6.93. The Kier molecular flexibility index (Phi) is 5.11. The van der Waals surface area contributed by atoms with Crippen LogP contribution in [0.2, 0.25) is 5.02 Å². The van der Waals surface area contributed by atoms with Crippen molar-refractivity contribution in [3.8, 4) is 11.3 Å². The molecule has 3 rings (SSSR count). The lowest BCUT2D eigenvalue weighted by molar-refractivity contribution is -0.142. The predicted molar refractivity (Wildman–Crippen MR) is 104 cm³/mol. The van der Waals surface area contributed by atoms with Crippen molar-refractivity contribution in [1.29, 1.82) is 0 Å². The Balaban J connectivity index is 2.32. The topological polar surface area (TPSA) is 68.6 Å². The summed E-state index contributed by atoms with van der Waals surface area (Å²) in [5.41, 5.74) is 2.90. The molecule has 1 amide bonds. The number of rotatable bonds is 3. The van der Waals surface area contributed by atoms with E-state index in [4.69, 9.17) is 16.3 Å². The third-order valence-corrected chi connectivity index (χ3v) is 5.06. The third kappa shape index (κ3) is 3.25. The number of anilines is 1. The van der Waals surface area contributed by atoms with Gasteiger partial charge in [-0.15, -0.1) is 0 Å². The van der Waals surface area contributed by atoms with Gasteiger partial charge in [-0.3, -0.25) is 19.3 Å². The summed E-state index contributed by atoms with van der Waals surface area (Å²) in [7, 11) is 1.66. The fraction of sp³-hybridized carbons (Fsp3) is 0.350. The van der Waals surface area contributed by atoms with E-state index in [1.54, 1.807) is 46.0 Å². The van der Waals surface area contributed by atoms with E-state index in [9.17, 15) is 14.4 Å². The van der Waals surface area contributed by atoms with E-state index >= 15 is 0 Å². The molecule has 0 saturated carbocycles. The van der Waals surface area contributed by atoms with Gasteiger partial charge in [-0.1, -0.05) is 17.7 Å². The van der Waals surface area contributed by atoms with E-state index in [1.165, 1.54) is 9.47 Å². The average Bonchev–Trinajstić information content (AvgIpc) is 2.70. The van der Waals surface area contributed by atoms with Crippen molar-refractivity contribution in [1.82, 2.24) is 4.57 Å². The monoisotopic (exact) mass is 388 g/mol. The van der Waals surface area contributed by atoms with Gasteiger partial charge in [0.25, 0.3) is 5.56 Å². The highest BCUT2D eigenvalue weighted by Gasteiger charge is 2.34. The number of aromatic nitrogens is 1. The molecule has 0 spiro atoms. The molecule has 1 unspecified atom stereocenters. The van der Waals surface area contributed by atoms with E-state index in [0.29, 0.717) is 22.0 Å². The lowest BCUT2D eigenvalue weighted by Gasteiger charge is -2.25. The largest absolute Gasteiger partial charge is 0.465 e. The maximum atomic E-state index is 13.2. The molecule has 6 nitrogen and oxygen atoms in total. The van der Waals surface area contributed by atoms with Crippen LogP contribution in [-0.2, 0) is 21.4 Å². The number of pyridine rings is 1. The van der Waals surface area contributed by atoms with E-state index in [1.807, 2.05) is 6.07 Å². The van der Waals surface area contributed by atoms with E-state index in [2.05, 4.69) is 0 Å². The molecule has 2 aromatic rings. The Labute approximate surface area is 162 Å². The molecule has 27 heavy (non-hydrogen) atoms. The van der Waals surface area contributed by atoms with Gasteiger partial charge in [0.15, 0.2) is 0 Å². The van der Waals surface area contributed by atoms with Gasteiger partial charge in [-0.05, 0) is 44.5 Å². The van der Waals surface area contributed by atoms with Crippen molar-refractivity contribution < 1.29 is 14.3 Å². The zero-order valence-corrected chi connectivity index (χ0v) is 16.5. The number of hydrogen-bond acceptors (Lipinski definition) is 4. The van der Waals surface area contributed by atoms with E-state index < -0.39 is 11.9 Å². The minimum atomic E-state index is -0.532. The Morgan fingerprint density at radius 3 is 2.63 bits per heavy atom. The number of ether oxygens (including phenoxy) is 1. The Morgan fingerprint density at radius 1 is 1.26 bits per heavy atom. The van der Waals surface area contributed by atoms with Crippen LogP contribution in [0.4, 0.5) is 5.69 Å². The van der Waals surface area contributed by atoms with Gasteiger partial charge in [0.1, 0.15) is 6.54 Å². The third-order valence-electron chi connectivity index (χ3n) is 4.83. The molecular formula is C20H21ClN2O4. The number of aryl methyl sites for hydroxylation is 1. The van der Waals surface area contributed by atoms with E-state index in [0.717, 1.165) is 11.1 Å². The molecule has 0 radical (unpaired) electrons. The first-order chi connectivity index (χ1) is 12.8. The summed E-state index contributed by atoms with van der Waals surface area (Å²) in [4.78, 5) is 39.3. The fourth-order valence-electron chi connectivity index (χ4n) is 3.49. The highest BCUT2D eigenvalue weighted by molar-refractivity contribution is 6.30. The summed E-state index contributed by atoms with van der Waals surface area (Å²) < 4.78 is 6.56. The molecule has 1 aromatic carbocycles. The van der Waals surface area contributed by atoms with Gasteiger partial charge in [-0.25, -0.2) is 0 Å². The van der Waals surface area contributed by atoms with Crippen LogP contribution in [0.25, 0.3) is 11.3 Å². The fourth-order valence-corrected chi connectivity index (χ4v) is 3.67. The molecule has 2 heterocycles. The van der Waals surface area contributed by atoms with Crippen molar-refractivity contribution in [2.24, 2.45) is 7.05 Å². The number of amides is 1. The zero-order chi connectivity index (χ0) is 19.9. The maximum Gasteiger partial charge on any atom is 0.326 e. The van der Waals surface area contributed by atoms with Gasteiger partial charge in [-0.2, -0.15) is 0 Å². The number of carbonyl (C=O) groups excluding carboxylic acids is 2. The first-order valence-corrected chi connectivity index (χ1v) is 9.11. The summed E-state index contributed by atoms with van der Waals surface area (Å²) in [6.45, 7) is 5.18. The van der Waals surface area contributed by atoms with Crippen molar-refractivity contribution in [3.63, 3.8) is 0 Å². The molecule has 0 bridgehead atoms. The Morgan fingerprint density at radius 2 is 1.96 bits per heavy atom. The van der Waals surface area contributed by atoms with Crippen LogP contribution in [0.3, 0.4) is 0 Å². The van der Waals surface area contributed by atoms with E-state index in [-0.39, 0.29) is 24.6 Å². The average molecular weight is 389 g/mol. The van der Waals surface area contributed by atoms with Crippen molar-refractivity contribution in [2.75, 3.05) is 18.1 Å². The molecule has 0 fully saturated rings. The SMILES string of the molecule is CCOC(=O)CN1C(=O)C(C)c2cc(Cl)ccc2-c2c1cc(C)c(=O)n2C. The van der Waals surface area contributed by atoms with Crippen LogP contribution in [0, 0.1) is 6.92 Å². The van der Waals surface area contributed by atoms with Crippen LogP contribution in [0.5, 0.6) is 0 Å². The van der Waals surface area contributed by atoms with Gasteiger partial charge in [0.2, 0.25) is 5.91 Å². The number of nitrogens with zero attached hydrogens (tertiary/aromatic N) is 2. The maximum absolute atomic E-state index is 13.2. The second kappa shape index (κ2) is 7.19. The van der Waals surface area contributed by atoms with Gasteiger partial charge in [0, 0.05) is 23.2 Å². The number of fused-ring (bicyclic) bond motifs is 3. The Bertz CT molecular complexity index is 996. The summed E-state index contributed by atoms with van der Waals surface area (Å²) in [5, 5.41) is 0.505. The number of carbonyl (C=O) groups is 2. The Hall–Kier alpha value is -2.60. The number of benzene rings is 1. The molecule has 0 saturated heterocycles. The van der Waals surface area contributed by atoms with Gasteiger partial charge in [0.05, 0.1) is 23.9 Å². The number of halogens is 1. The van der Waals surface area contributed by atoms with Crippen molar-refractivity contribution >= 4 is 29.2 Å². The molecule has 1 aromatic heterocycles. The molecule has 1 atom stereocenters. The quantitative estimate of drug-likeness (QED) is 0.758. The molecule has 1 aliphatic rings. The highest BCUT2D eigenvalue weighted by atomic mass is 35.5. The van der Waals surface area contributed by atoms with Crippen LogP contribution >= 0.6 is 11.6 Å².